The van der Waals surface area contributed by atoms with Gasteiger partial charge in [-0.3, -0.25) is 9.79 Å². The van der Waals surface area contributed by atoms with Gasteiger partial charge in [-0.2, -0.15) is 0 Å². The molecule has 0 fully saturated rings. The van der Waals surface area contributed by atoms with Crippen molar-refractivity contribution in [2.75, 3.05) is 46.1 Å². The van der Waals surface area contributed by atoms with Crippen molar-refractivity contribution < 1.29 is 4.79 Å². The number of aliphatic imine (C=N–C) groups is 1. The second-order valence-electron chi connectivity index (χ2n) is 5.46. The van der Waals surface area contributed by atoms with Crippen LogP contribution < -0.4 is 5.32 Å². The van der Waals surface area contributed by atoms with Gasteiger partial charge in [0.25, 0.3) is 5.91 Å². The lowest BCUT2D eigenvalue weighted by Gasteiger charge is -2.14. The van der Waals surface area contributed by atoms with Gasteiger partial charge >= 0.3 is 0 Å². The molecule has 0 radical (unpaired) electrons. The second-order valence-corrected chi connectivity index (χ2v) is 5.90. The Morgan fingerprint density at radius 2 is 2.19 bits per heavy atom. The smallest absolute Gasteiger partial charge is 0.256 e. The van der Waals surface area contributed by atoms with Crippen LogP contribution >= 0.6 is 11.6 Å². The van der Waals surface area contributed by atoms with Crippen LogP contribution in [0.4, 0.5) is 5.69 Å². The van der Waals surface area contributed by atoms with E-state index in [1.165, 1.54) is 0 Å². The number of rotatable bonds is 4. The number of halogens is 1. The van der Waals surface area contributed by atoms with E-state index in [1.54, 1.807) is 24.1 Å². The standard InChI is InChI=1S/C15H21ClN4O/c1-19(2)8-4-7-17-14-10-20(3)15(21)12-9-11(16)5-6-13(12)18-14/h5-6,9H,4,7-8,10H2,1-3H3,(H,17,18). The molecular formula is C15H21ClN4O. The van der Waals surface area contributed by atoms with Crippen LogP contribution in [0.3, 0.4) is 0 Å². The van der Waals surface area contributed by atoms with E-state index in [9.17, 15) is 4.79 Å². The average Bonchev–Trinajstić information content (AvgIpc) is 2.54. The summed E-state index contributed by atoms with van der Waals surface area (Å²) in [5.74, 6) is 0.768. The SMILES string of the molecule is CN(C)CCCN=C1CN(C)C(=O)c2cc(Cl)ccc2N1. The Kier molecular flexibility index (Phi) is 5.20. The molecule has 0 saturated heterocycles. The number of hydrogen-bond acceptors (Lipinski definition) is 3. The quantitative estimate of drug-likeness (QED) is 0.867. The van der Waals surface area contributed by atoms with Gasteiger partial charge in [-0.15, -0.1) is 0 Å². The highest BCUT2D eigenvalue weighted by atomic mass is 35.5. The molecule has 0 unspecified atom stereocenters. The molecule has 0 aromatic heterocycles. The van der Waals surface area contributed by atoms with E-state index in [0.29, 0.717) is 17.1 Å². The molecule has 1 heterocycles. The monoisotopic (exact) mass is 308 g/mol. The number of nitrogens with zero attached hydrogens (tertiary/aromatic N) is 3. The minimum atomic E-state index is -0.0431. The Bertz CT molecular complexity index is 557. The van der Waals surface area contributed by atoms with Crippen molar-refractivity contribution in [1.82, 2.24) is 9.80 Å². The Labute approximate surface area is 130 Å². The van der Waals surface area contributed by atoms with Crippen molar-refractivity contribution in [3.05, 3.63) is 28.8 Å². The maximum absolute atomic E-state index is 12.3. The zero-order chi connectivity index (χ0) is 15.4. The molecule has 1 aromatic rings. The predicted molar refractivity (Wildman–Crippen MR) is 87.5 cm³/mol. The molecule has 0 bridgehead atoms. The normalized spacial score (nSPS) is 16.9. The van der Waals surface area contributed by atoms with Gasteiger partial charge in [0, 0.05) is 18.6 Å². The molecule has 0 spiro atoms. The Hall–Kier alpha value is -1.59. The molecule has 6 heteroatoms. The van der Waals surface area contributed by atoms with Crippen molar-refractivity contribution in [2.45, 2.75) is 6.42 Å². The van der Waals surface area contributed by atoms with E-state index in [2.05, 4.69) is 15.2 Å². The molecule has 0 saturated carbocycles. The van der Waals surface area contributed by atoms with Crippen LogP contribution in [0, 0.1) is 0 Å². The third-order valence-electron chi connectivity index (χ3n) is 3.29. The molecule has 5 nitrogen and oxygen atoms in total. The summed E-state index contributed by atoms with van der Waals surface area (Å²) in [6.07, 6.45) is 0.989. The Morgan fingerprint density at radius 3 is 2.90 bits per heavy atom. The number of amidine groups is 1. The number of fused-ring (bicyclic) bond motifs is 1. The predicted octanol–water partition coefficient (Wildman–Crippen LogP) is 2.19. The summed E-state index contributed by atoms with van der Waals surface area (Å²) < 4.78 is 0. The number of likely N-dealkylation sites (N-methyl/N-ethyl adjacent to an activating group) is 1. The lowest BCUT2D eigenvalue weighted by Crippen LogP contribution is -2.31. The fourth-order valence-corrected chi connectivity index (χ4v) is 2.36. The minimum absolute atomic E-state index is 0.0431. The molecule has 2 rings (SSSR count). The Balaban J connectivity index is 2.15. The lowest BCUT2D eigenvalue weighted by molar-refractivity contribution is 0.0817. The number of carbonyl (C=O) groups is 1. The Morgan fingerprint density at radius 1 is 1.43 bits per heavy atom. The van der Waals surface area contributed by atoms with E-state index in [-0.39, 0.29) is 5.91 Å². The summed E-state index contributed by atoms with van der Waals surface area (Å²) >= 11 is 5.98. The highest BCUT2D eigenvalue weighted by Gasteiger charge is 2.22. The van der Waals surface area contributed by atoms with E-state index >= 15 is 0 Å². The van der Waals surface area contributed by atoms with Crippen LogP contribution in [-0.4, -0.2) is 62.3 Å². The first-order valence-electron chi connectivity index (χ1n) is 6.97. The third-order valence-corrected chi connectivity index (χ3v) is 3.53. The van der Waals surface area contributed by atoms with Gasteiger partial charge in [-0.05, 0) is 45.3 Å². The first-order chi connectivity index (χ1) is 9.97. The highest BCUT2D eigenvalue weighted by molar-refractivity contribution is 6.31. The van der Waals surface area contributed by atoms with Crippen LogP contribution in [-0.2, 0) is 0 Å². The summed E-state index contributed by atoms with van der Waals surface area (Å²) in [4.78, 5) is 20.7. The van der Waals surface area contributed by atoms with Crippen molar-refractivity contribution in [2.24, 2.45) is 4.99 Å². The van der Waals surface area contributed by atoms with Crippen LogP contribution in [0.1, 0.15) is 16.8 Å². The van der Waals surface area contributed by atoms with Gasteiger partial charge in [0.05, 0.1) is 17.8 Å². The second kappa shape index (κ2) is 6.91. The van der Waals surface area contributed by atoms with Gasteiger partial charge in [0.15, 0.2) is 0 Å². The minimum Gasteiger partial charge on any atom is -0.342 e. The van der Waals surface area contributed by atoms with Crippen LogP contribution in [0.25, 0.3) is 0 Å². The fraction of sp³-hybridized carbons (Fsp3) is 0.467. The first-order valence-corrected chi connectivity index (χ1v) is 7.35. The van der Waals surface area contributed by atoms with Gasteiger partial charge in [0.1, 0.15) is 5.84 Å². The molecule has 1 amide bonds. The molecule has 1 N–H and O–H groups in total. The fourth-order valence-electron chi connectivity index (χ4n) is 2.19. The summed E-state index contributed by atoms with van der Waals surface area (Å²) in [6, 6.07) is 5.29. The summed E-state index contributed by atoms with van der Waals surface area (Å²) in [5.41, 5.74) is 1.35. The van der Waals surface area contributed by atoms with E-state index in [4.69, 9.17) is 11.6 Å². The molecule has 1 aromatic carbocycles. The summed E-state index contributed by atoms with van der Waals surface area (Å²) in [5, 5.41) is 3.81. The van der Waals surface area contributed by atoms with Crippen LogP contribution in [0.5, 0.6) is 0 Å². The van der Waals surface area contributed by atoms with Gasteiger partial charge in [0.2, 0.25) is 0 Å². The van der Waals surface area contributed by atoms with E-state index < -0.39 is 0 Å². The topological polar surface area (TPSA) is 47.9 Å². The van der Waals surface area contributed by atoms with Gasteiger partial charge < -0.3 is 15.1 Å². The molecule has 1 aliphatic rings. The number of benzene rings is 1. The molecule has 0 atom stereocenters. The molecule has 0 aliphatic carbocycles. The lowest BCUT2D eigenvalue weighted by atomic mass is 10.1. The third kappa shape index (κ3) is 4.19. The summed E-state index contributed by atoms with van der Waals surface area (Å²) in [7, 11) is 5.86. The van der Waals surface area contributed by atoms with Crippen LogP contribution in [0.2, 0.25) is 5.02 Å². The van der Waals surface area contributed by atoms with E-state index in [1.807, 2.05) is 20.2 Å². The zero-order valence-corrected chi connectivity index (χ0v) is 13.4. The number of amides is 1. The van der Waals surface area contributed by atoms with Crippen molar-refractivity contribution in [1.29, 1.82) is 0 Å². The van der Waals surface area contributed by atoms with Gasteiger partial charge in [-0.1, -0.05) is 11.6 Å². The zero-order valence-electron chi connectivity index (χ0n) is 12.7. The number of anilines is 1. The maximum Gasteiger partial charge on any atom is 0.256 e. The summed E-state index contributed by atoms with van der Waals surface area (Å²) in [6.45, 7) is 2.22. The largest absolute Gasteiger partial charge is 0.342 e. The van der Waals surface area contributed by atoms with Crippen LogP contribution in [0.15, 0.2) is 23.2 Å². The van der Waals surface area contributed by atoms with Gasteiger partial charge in [-0.25, -0.2) is 0 Å². The van der Waals surface area contributed by atoms with E-state index in [0.717, 1.165) is 31.0 Å². The molecule has 21 heavy (non-hydrogen) atoms. The number of hydrogen-bond donors (Lipinski definition) is 1. The van der Waals surface area contributed by atoms with Crippen molar-refractivity contribution in [3.63, 3.8) is 0 Å². The molecular weight excluding hydrogens is 288 g/mol. The first kappa shape index (κ1) is 15.8. The van der Waals surface area contributed by atoms with Crippen molar-refractivity contribution in [3.8, 4) is 0 Å². The maximum atomic E-state index is 12.3. The average molecular weight is 309 g/mol. The molecule has 114 valence electrons. The molecule has 1 aliphatic heterocycles. The highest BCUT2D eigenvalue weighted by Crippen LogP contribution is 2.24. The number of carbonyl (C=O) groups excluding carboxylic acids is 1. The van der Waals surface area contributed by atoms with Crippen molar-refractivity contribution >= 4 is 29.0 Å². The number of nitrogens with one attached hydrogen (secondary N) is 1.